The minimum atomic E-state index is -0.182. The highest BCUT2D eigenvalue weighted by molar-refractivity contribution is 5.38. The maximum Gasteiger partial charge on any atom is 0.0583 e. The molecule has 0 spiro atoms. The van der Waals surface area contributed by atoms with E-state index in [4.69, 9.17) is 0 Å². The van der Waals surface area contributed by atoms with Crippen LogP contribution in [0.15, 0.2) is 47.1 Å². The van der Waals surface area contributed by atoms with Crippen LogP contribution in [0.4, 0.5) is 0 Å². The van der Waals surface area contributed by atoms with Crippen molar-refractivity contribution in [3.63, 3.8) is 0 Å². The van der Waals surface area contributed by atoms with Gasteiger partial charge in [0.2, 0.25) is 0 Å². The molecule has 4 atom stereocenters. The van der Waals surface area contributed by atoms with Crippen molar-refractivity contribution in [1.82, 2.24) is 0 Å². The highest BCUT2D eigenvalue weighted by Crippen LogP contribution is 2.57. The average Bonchev–Trinajstić information content (AvgIpc) is 2.99. The van der Waals surface area contributed by atoms with Crippen LogP contribution in [0.3, 0.4) is 0 Å². The van der Waals surface area contributed by atoms with Gasteiger partial charge in [0.05, 0.1) is 6.10 Å². The second-order valence-corrected chi connectivity index (χ2v) is 10.4. The van der Waals surface area contributed by atoms with Crippen molar-refractivity contribution in [2.24, 2.45) is 23.2 Å². The van der Waals surface area contributed by atoms with E-state index in [2.05, 4.69) is 52.5 Å². The molecule has 3 aliphatic carbocycles. The third kappa shape index (κ3) is 4.73. The fraction of sp³-hybridized carbons (Fsp3) is 0.704. The maximum atomic E-state index is 10.0. The first-order chi connectivity index (χ1) is 13.3. The van der Waals surface area contributed by atoms with Crippen molar-refractivity contribution >= 4 is 0 Å². The van der Waals surface area contributed by atoms with Crippen LogP contribution in [-0.2, 0) is 0 Å². The molecular formula is C27H42O. The van der Waals surface area contributed by atoms with Gasteiger partial charge in [0.15, 0.2) is 0 Å². The van der Waals surface area contributed by atoms with Crippen LogP contribution < -0.4 is 0 Å². The predicted octanol–water partition coefficient (Wildman–Crippen LogP) is 7.54. The summed E-state index contributed by atoms with van der Waals surface area (Å²) in [5.41, 5.74) is 6.24. The third-order valence-corrected chi connectivity index (χ3v) is 7.75. The lowest BCUT2D eigenvalue weighted by Crippen LogP contribution is -2.32. The average molecular weight is 383 g/mol. The standard InChI is InChI=1S/C27H42O/c1-19(2)8-6-9-21(4)25-15-16-26-22(10-7-17-27(25,26)5)12-13-23-18-24(28)14-11-20(23)3/h12-13,15,19,21,24,26,28H,3,6-11,14,16-18H2,1-2,4-5H3/b22-12+,23-13-/t21?,24-,26-,27+/m0/s1. The van der Waals surface area contributed by atoms with Crippen molar-refractivity contribution in [2.45, 2.75) is 98.0 Å². The number of fused-ring (bicyclic) bond motifs is 1. The number of aliphatic hydroxyl groups is 1. The Bertz CT molecular complexity index is 662. The number of allylic oxidation sites excluding steroid dienone is 6. The Morgan fingerprint density at radius 3 is 2.75 bits per heavy atom. The molecule has 0 aliphatic heterocycles. The molecule has 3 rings (SSSR count). The zero-order chi connectivity index (χ0) is 20.3. The first-order valence-corrected chi connectivity index (χ1v) is 11.8. The lowest BCUT2D eigenvalue weighted by molar-refractivity contribution is 0.158. The molecule has 0 radical (unpaired) electrons. The van der Waals surface area contributed by atoms with Crippen molar-refractivity contribution in [3.05, 3.63) is 47.1 Å². The summed E-state index contributed by atoms with van der Waals surface area (Å²) in [4.78, 5) is 0. The Hall–Kier alpha value is -1.08. The smallest absolute Gasteiger partial charge is 0.0583 e. The second-order valence-electron chi connectivity index (χ2n) is 10.4. The molecule has 28 heavy (non-hydrogen) atoms. The maximum absolute atomic E-state index is 10.0. The summed E-state index contributed by atoms with van der Waals surface area (Å²) in [6.07, 6.45) is 18.9. The molecule has 2 fully saturated rings. The van der Waals surface area contributed by atoms with Crippen LogP contribution in [0.2, 0.25) is 0 Å². The van der Waals surface area contributed by atoms with Gasteiger partial charge in [-0.3, -0.25) is 0 Å². The second kappa shape index (κ2) is 9.16. The molecule has 1 unspecified atom stereocenters. The van der Waals surface area contributed by atoms with Gasteiger partial charge in [-0.1, -0.05) is 82.1 Å². The SMILES string of the molecule is C=C1CC[C@H](O)C/C1=C/C=C1\CCC[C@]2(C)C(C(C)CCCC(C)C)=CC[C@@H]12. The van der Waals surface area contributed by atoms with E-state index in [1.54, 1.807) is 11.1 Å². The summed E-state index contributed by atoms with van der Waals surface area (Å²) in [6, 6.07) is 0. The largest absolute Gasteiger partial charge is 0.393 e. The summed E-state index contributed by atoms with van der Waals surface area (Å²) in [5, 5.41) is 10.0. The lowest BCUT2D eigenvalue weighted by Gasteiger charge is -2.42. The van der Waals surface area contributed by atoms with E-state index < -0.39 is 0 Å². The Morgan fingerprint density at radius 2 is 2.00 bits per heavy atom. The summed E-state index contributed by atoms with van der Waals surface area (Å²) in [5.74, 6) is 2.22. The Labute approximate surface area is 173 Å². The first-order valence-electron chi connectivity index (χ1n) is 11.8. The van der Waals surface area contributed by atoms with Gasteiger partial charge in [-0.2, -0.15) is 0 Å². The van der Waals surface area contributed by atoms with Gasteiger partial charge in [-0.05, 0) is 80.1 Å². The third-order valence-electron chi connectivity index (χ3n) is 7.75. The topological polar surface area (TPSA) is 20.2 Å². The van der Waals surface area contributed by atoms with Crippen molar-refractivity contribution in [1.29, 1.82) is 0 Å². The molecule has 2 saturated carbocycles. The van der Waals surface area contributed by atoms with Crippen LogP contribution in [0.1, 0.15) is 91.9 Å². The zero-order valence-corrected chi connectivity index (χ0v) is 18.8. The number of hydrogen-bond donors (Lipinski definition) is 1. The first kappa shape index (κ1) is 21.6. The number of rotatable bonds is 6. The molecule has 0 aromatic carbocycles. The van der Waals surface area contributed by atoms with Gasteiger partial charge in [-0.15, -0.1) is 0 Å². The summed E-state index contributed by atoms with van der Waals surface area (Å²) >= 11 is 0. The summed E-state index contributed by atoms with van der Waals surface area (Å²) < 4.78 is 0. The molecule has 0 saturated heterocycles. The molecule has 0 aromatic heterocycles. The molecular weight excluding hydrogens is 340 g/mol. The van der Waals surface area contributed by atoms with Gasteiger partial charge in [0.1, 0.15) is 0 Å². The van der Waals surface area contributed by atoms with E-state index in [-0.39, 0.29) is 6.10 Å². The molecule has 3 aliphatic rings. The van der Waals surface area contributed by atoms with Crippen LogP contribution >= 0.6 is 0 Å². The van der Waals surface area contributed by atoms with E-state index in [0.717, 1.165) is 31.1 Å². The van der Waals surface area contributed by atoms with Gasteiger partial charge >= 0.3 is 0 Å². The Morgan fingerprint density at radius 1 is 1.21 bits per heavy atom. The zero-order valence-electron chi connectivity index (χ0n) is 18.8. The van der Waals surface area contributed by atoms with Gasteiger partial charge < -0.3 is 5.11 Å². The Balaban J connectivity index is 1.71. The lowest BCUT2D eigenvalue weighted by atomic mass is 9.62. The number of aliphatic hydroxyl groups excluding tert-OH is 1. The van der Waals surface area contributed by atoms with Crippen molar-refractivity contribution in [3.8, 4) is 0 Å². The van der Waals surface area contributed by atoms with E-state index in [1.165, 1.54) is 56.1 Å². The quantitative estimate of drug-likeness (QED) is 0.470. The fourth-order valence-electron chi connectivity index (χ4n) is 6.00. The molecule has 0 amide bonds. The van der Waals surface area contributed by atoms with Crippen molar-refractivity contribution < 1.29 is 5.11 Å². The van der Waals surface area contributed by atoms with E-state index in [0.29, 0.717) is 11.3 Å². The molecule has 1 nitrogen and oxygen atoms in total. The summed E-state index contributed by atoms with van der Waals surface area (Å²) in [6.45, 7) is 13.9. The molecule has 1 N–H and O–H groups in total. The van der Waals surface area contributed by atoms with Gasteiger partial charge in [0, 0.05) is 0 Å². The molecule has 0 heterocycles. The summed E-state index contributed by atoms with van der Waals surface area (Å²) in [7, 11) is 0. The normalized spacial score (nSPS) is 34.8. The minimum Gasteiger partial charge on any atom is -0.393 e. The van der Waals surface area contributed by atoms with Gasteiger partial charge in [0.25, 0.3) is 0 Å². The highest BCUT2D eigenvalue weighted by atomic mass is 16.3. The van der Waals surface area contributed by atoms with Gasteiger partial charge in [-0.25, -0.2) is 0 Å². The monoisotopic (exact) mass is 382 g/mol. The highest BCUT2D eigenvalue weighted by Gasteiger charge is 2.45. The van der Waals surface area contributed by atoms with Crippen LogP contribution in [0.5, 0.6) is 0 Å². The molecule has 1 heteroatoms. The van der Waals surface area contributed by atoms with E-state index in [9.17, 15) is 5.11 Å². The van der Waals surface area contributed by atoms with Crippen LogP contribution in [0.25, 0.3) is 0 Å². The molecule has 0 aromatic rings. The molecule has 0 bridgehead atoms. The Kier molecular flexibility index (Phi) is 7.07. The fourth-order valence-corrected chi connectivity index (χ4v) is 6.00. The van der Waals surface area contributed by atoms with E-state index >= 15 is 0 Å². The number of hydrogen-bond acceptors (Lipinski definition) is 1. The van der Waals surface area contributed by atoms with E-state index in [1.807, 2.05) is 0 Å². The van der Waals surface area contributed by atoms with Crippen molar-refractivity contribution in [2.75, 3.05) is 0 Å². The van der Waals surface area contributed by atoms with Crippen LogP contribution in [0, 0.1) is 23.2 Å². The predicted molar refractivity (Wildman–Crippen MR) is 121 cm³/mol. The minimum absolute atomic E-state index is 0.182. The molecule has 156 valence electrons. The van der Waals surface area contributed by atoms with Crippen LogP contribution in [-0.4, -0.2) is 11.2 Å².